The third kappa shape index (κ3) is 2.83. The van der Waals surface area contributed by atoms with Crippen molar-refractivity contribution >= 4 is 16.9 Å². The van der Waals surface area contributed by atoms with Gasteiger partial charge in [0.05, 0.1) is 16.7 Å². The topological polar surface area (TPSA) is 37.8 Å². The Morgan fingerprint density at radius 2 is 1.71 bits per heavy atom. The van der Waals surface area contributed by atoms with Crippen LogP contribution in [-0.2, 0) is 0 Å². The van der Waals surface area contributed by atoms with Gasteiger partial charge in [0.2, 0.25) is 0 Å². The number of benzene rings is 1. The molecule has 2 rings (SSSR count). The van der Waals surface area contributed by atoms with Gasteiger partial charge in [0.1, 0.15) is 12.4 Å². The Labute approximate surface area is 95.7 Å². The number of anilines is 1. The van der Waals surface area contributed by atoms with E-state index in [2.05, 4.69) is 15.3 Å². The van der Waals surface area contributed by atoms with Gasteiger partial charge in [-0.3, -0.25) is 0 Å². The summed E-state index contributed by atoms with van der Waals surface area (Å²) in [6, 6.07) is 7.04. The summed E-state index contributed by atoms with van der Waals surface area (Å²) in [7, 11) is 0. The minimum absolute atomic E-state index is 0.168. The van der Waals surface area contributed by atoms with Crippen LogP contribution in [0.5, 0.6) is 0 Å². The molecule has 0 radical (unpaired) electrons. The number of alkyl halides is 3. The van der Waals surface area contributed by atoms with Crippen molar-refractivity contribution < 1.29 is 13.2 Å². The average Bonchev–Trinajstić information content (AvgIpc) is 2.25. The quantitative estimate of drug-likeness (QED) is 0.878. The van der Waals surface area contributed by atoms with E-state index >= 15 is 0 Å². The highest BCUT2D eigenvalue weighted by molar-refractivity contribution is 5.76. The lowest BCUT2D eigenvalue weighted by molar-refractivity contribution is -0.115. The van der Waals surface area contributed by atoms with E-state index in [9.17, 15) is 13.2 Å². The molecular weight excluding hydrogens is 231 g/mol. The molecule has 0 bridgehead atoms. The van der Waals surface area contributed by atoms with Gasteiger partial charge in [-0.25, -0.2) is 9.97 Å². The van der Waals surface area contributed by atoms with Crippen LogP contribution in [-0.4, -0.2) is 22.7 Å². The van der Waals surface area contributed by atoms with E-state index in [-0.39, 0.29) is 5.82 Å². The second-order valence-electron chi connectivity index (χ2n) is 3.62. The molecule has 0 aliphatic carbocycles. The summed E-state index contributed by atoms with van der Waals surface area (Å²) in [5.41, 5.74) is 1.69. The Balaban J connectivity index is 2.31. The van der Waals surface area contributed by atoms with Gasteiger partial charge in [0.15, 0.2) is 0 Å². The number of halogens is 3. The van der Waals surface area contributed by atoms with Crippen LogP contribution in [0.3, 0.4) is 0 Å². The maximum absolute atomic E-state index is 12.1. The predicted molar refractivity (Wildman–Crippen MR) is 58.8 cm³/mol. The Bertz CT molecular complexity index is 537. The molecule has 0 saturated heterocycles. The van der Waals surface area contributed by atoms with Crippen LogP contribution < -0.4 is 5.32 Å². The summed E-state index contributed by atoms with van der Waals surface area (Å²) >= 11 is 0. The van der Waals surface area contributed by atoms with E-state index in [4.69, 9.17) is 0 Å². The maximum Gasteiger partial charge on any atom is 0.405 e. The van der Waals surface area contributed by atoms with E-state index in [1.165, 1.54) is 0 Å². The molecule has 1 aromatic heterocycles. The lowest BCUT2D eigenvalue weighted by Gasteiger charge is -2.11. The predicted octanol–water partition coefficient (Wildman–Crippen LogP) is 2.91. The molecule has 0 fully saturated rings. The molecule has 0 unspecified atom stereocenters. The molecule has 3 nitrogen and oxygen atoms in total. The molecule has 17 heavy (non-hydrogen) atoms. The minimum atomic E-state index is -4.26. The molecule has 0 amide bonds. The van der Waals surface area contributed by atoms with Gasteiger partial charge in [-0.05, 0) is 19.1 Å². The number of para-hydroxylation sites is 2. The SMILES string of the molecule is Cc1nc2ccccc2nc1NCC(F)(F)F. The molecule has 1 aromatic carbocycles. The molecule has 1 heterocycles. The van der Waals surface area contributed by atoms with Crippen LogP contribution in [0, 0.1) is 6.92 Å². The highest BCUT2D eigenvalue weighted by Crippen LogP contribution is 2.19. The maximum atomic E-state index is 12.1. The van der Waals surface area contributed by atoms with Crippen LogP contribution in [0.2, 0.25) is 0 Å². The van der Waals surface area contributed by atoms with Gasteiger partial charge in [-0.15, -0.1) is 0 Å². The molecular formula is C11H10F3N3. The zero-order valence-corrected chi connectivity index (χ0v) is 9.04. The molecule has 2 aromatic rings. The van der Waals surface area contributed by atoms with Crippen molar-refractivity contribution in [3.8, 4) is 0 Å². The van der Waals surface area contributed by atoms with Crippen molar-refractivity contribution in [2.45, 2.75) is 13.1 Å². The van der Waals surface area contributed by atoms with Crippen molar-refractivity contribution in [3.05, 3.63) is 30.0 Å². The fourth-order valence-corrected chi connectivity index (χ4v) is 1.44. The highest BCUT2D eigenvalue weighted by Gasteiger charge is 2.27. The second-order valence-corrected chi connectivity index (χ2v) is 3.62. The summed E-state index contributed by atoms with van der Waals surface area (Å²) in [5.74, 6) is 0.168. The Morgan fingerprint density at radius 3 is 2.29 bits per heavy atom. The first kappa shape index (κ1) is 11.6. The number of nitrogens with zero attached hydrogens (tertiary/aromatic N) is 2. The summed E-state index contributed by atoms with van der Waals surface area (Å²) in [6.45, 7) is 0.513. The van der Waals surface area contributed by atoms with E-state index in [1.54, 1.807) is 31.2 Å². The highest BCUT2D eigenvalue weighted by atomic mass is 19.4. The van der Waals surface area contributed by atoms with Crippen molar-refractivity contribution in [1.29, 1.82) is 0 Å². The molecule has 1 N–H and O–H groups in total. The summed E-state index contributed by atoms with van der Waals surface area (Å²) < 4.78 is 36.2. The number of fused-ring (bicyclic) bond motifs is 1. The summed E-state index contributed by atoms with van der Waals surface area (Å²) in [6.07, 6.45) is -4.26. The van der Waals surface area contributed by atoms with Gasteiger partial charge in [0, 0.05) is 0 Å². The van der Waals surface area contributed by atoms with Crippen molar-refractivity contribution in [2.24, 2.45) is 0 Å². The lowest BCUT2D eigenvalue weighted by atomic mass is 10.3. The number of hydrogen-bond acceptors (Lipinski definition) is 3. The zero-order valence-electron chi connectivity index (χ0n) is 9.04. The molecule has 0 aliphatic rings. The number of aryl methyl sites for hydroxylation is 1. The first-order valence-corrected chi connectivity index (χ1v) is 5.00. The normalized spacial score (nSPS) is 11.8. The van der Waals surface area contributed by atoms with Gasteiger partial charge in [0.25, 0.3) is 0 Å². The number of aromatic nitrogens is 2. The van der Waals surface area contributed by atoms with E-state index in [1.807, 2.05) is 0 Å². The van der Waals surface area contributed by atoms with Gasteiger partial charge < -0.3 is 5.32 Å². The first-order chi connectivity index (χ1) is 7.96. The van der Waals surface area contributed by atoms with Crippen molar-refractivity contribution in [1.82, 2.24) is 9.97 Å². The Kier molecular flexibility index (Phi) is 2.87. The fourth-order valence-electron chi connectivity index (χ4n) is 1.44. The van der Waals surface area contributed by atoms with E-state index in [0.29, 0.717) is 16.7 Å². The smallest absolute Gasteiger partial charge is 0.360 e. The minimum Gasteiger partial charge on any atom is -0.360 e. The number of hydrogen-bond donors (Lipinski definition) is 1. The summed E-state index contributed by atoms with van der Waals surface area (Å²) in [5, 5.41) is 2.25. The second kappa shape index (κ2) is 4.20. The molecule has 6 heteroatoms. The van der Waals surface area contributed by atoms with Crippen molar-refractivity contribution in [3.63, 3.8) is 0 Å². The van der Waals surface area contributed by atoms with Crippen molar-refractivity contribution in [2.75, 3.05) is 11.9 Å². The number of rotatable bonds is 2. The molecule has 0 aliphatic heterocycles. The van der Waals surface area contributed by atoms with Gasteiger partial charge in [-0.2, -0.15) is 13.2 Å². The van der Waals surface area contributed by atoms with Crippen LogP contribution in [0.1, 0.15) is 5.69 Å². The summed E-state index contributed by atoms with van der Waals surface area (Å²) in [4.78, 5) is 8.29. The third-order valence-corrected chi connectivity index (χ3v) is 2.20. The van der Waals surface area contributed by atoms with Crippen LogP contribution in [0.15, 0.2) is 24.3 Å². The monoisotopic (exact) mass is 241 g/mol. The van der Waals surface area contributed by atoms with Gasteiger partial charge in [-0.1, -0.05) is 12.1 Å². The Morgan fingerprint density at radius 1 is 1.12 bits per heavy atom. The number of nitrogens with one attached hydrogen (secondary N) is 1. The standard InChI is InChI=1S/C11H10F3N3/c1-7-10(15-6-11(12,13)14)17-9-5-3-2-4-8(9)16-7/h2-5H,6H2,1H3,(H,15,17). The van der Waals surface area contributed by atoms with Crippen LogP contribution in [0.25, 0.3) is 11.0 Å². The first-order valence-electron chi connectivity index (χ1n) is 5.00. The molecule has 0 saturated carbocycles. The molecule has 0 spiro atoms. The Hall–Kier alpha value is -1.85. The zero-order chi connectivity index (χ0) is 12.5. The van der Waals surface area contributed by atoms with Crippen LogP contribution in [0.4, 0.5) is 19.0 Å². The fraction of sp³-hybridized carbons (Fsp3) is 0.273. The lowest BCUT2D eigenvalue weighted by Crippen LogP contribution is -2.22. The van der Waals surface area contributed by atoms with Gasteiger partial charge >= 0.3 is 6.18 Å². The molecule has 90 valence electrons. The largest absolute Gasteiger partial charge is 0.405 e. The van der Waals surface area contributed by atoms with E-state index in [0.717, 1.165) is 0 Å². The van der Waals surface area contributed by atoms with Crippen LogP contribution >= 0.6 is 0 Å². The third-order valence-electron chi connectivity index (χ3n) is 2.20. The molecule has 0 atom stereocenters. The average molecular weight is 241 g/mol. The van der Waals surface area contributed by atoms with E-state index < -0.39 is 12.7 Å².